The van der Waals surface area contributed by atoms with Gasteiger partial charge in [-0.25, -0.2) is 9.78 Å². The second kappa shape index (κ2) is 12.6. The molecule has 0 unspecified atom stereocenters. The maximum Gasteiger partial charge on any atom is 0.350 e. The molecular formula is C31H32N2O8S. The summed E-state index contributed by atoms with van der Waals surface area (Å²) in [4.78, 5) is 45.7. The maximum absolute atomic E-state index is 13.6. The zero-order valence-corrected chi connectivity index (χ0v) is 24.5. The Hall–Kier alpha value is -4.38. The second-order valence-corrected chi connectivity index (χ2v) is 10.8. The molecule has 220 valence electrons. The minimum atomic E-state index is -1.04. The van der Waals surface area contributed by atoms with Crippen LogP contribution < -0.4 is 19.1 Å². The number of aliphatic hydroxyl groups is 1. The number of esters is 1. The average Bonchev–Trinajstić information content (AvgIpc) is 3.51. The van der Waals surface area contributed by atoms with E-state index in [9.17, 15) is 19.5 Å². The number of benzene rings is 2. The molecule has 2 aliphatic rings. The number of nitrogens with zero attached hydrogens (tertiary/aromatic N) is 2. The molecule has 1 atom stereocenters. The number of aromatic nitrogens is 1. The van der Waals surface area contributed by atoms with E-state index in [-0.39, 0.29) is 33.5 Å². The van der Waals surface area contributed by atoms with Gasteiger partial charge in [0.1, 0.15) is 29.6 Å². The summed E-state index contributed by atoms with van der Waals surface area (Å²) in [6, 6.07) is 10.9. The van der Waals surface area contributed by atoms with Gasteiger partial charge in [-0.15, -0.1) is 0 Å². The summed E-state index contributed by atoms with van der Waals surface area (Å²) in [6.45, 7) is 6.89. The lowest BCUT2D eigenvalue weighted by molar-refractivity contribution is -0.132. The van der Waals surface area contributed by atoms with Gasteiger partial charge in [-0.05, 0) is 56.2 Å². The van der Waals surface area contributed by atoms with Crippen molar-refractivity contribution in [2.75, 3.05) is 31.3 Å². The van der Waals surface area contributed by atoms with Crippen molar-refractivity contribution in [2.24, 2.45) is 0 Å². The molecule has 11 heteroatoms. The van der Waals surface area contributed by atoms with E-state index >= 15 is 0 Å². The normalized spacial score (nSPS) is 17.4. The van der Waals surface area contributed by atoms with Crippen LogP contribution in [0.2, 0.25) is 0 Å². The predicted molar refractivity (Wildman–Crippen MR) is 156 cm³/mol. The lowest BCUT2D eigenvalue weighted by Gasteiger charge is -2.24. The standard InChI is InChI=1S/C31H32N2O8S/c1-4-6-7-13-39-21-10-8-9-19(16-21)25-24(26(34)20-11-12-22-23(17-20)41-15-14-40-22)27(35)29(36)33(25)31-32-18(3)28(42-31)30(37)38-5-2/h8-12,16-17,25,34H,4-7,13-15H2,1-3H3/t25-/m1/s1. The van der Waals surface area contributed by atoms with E-state index in [0.29, 0.717) is 48.3 Å². The quantitative estimate of drug-likeness (QED) is 0.105. The number of carbonyl (C=O) groups is 3. The van der Waals surface area contributed by atoms with E-state index in [0.717, 1.165) is 30.6 Å². The molecule has 3 aromatic rings. The van der Waals surface area contributed by atoms with Crippen molar-refractivity contribution in [2.45, 2.75) is 46.1 Å². The van der Waals surface area contributed by atoms with E-state index in [1.165, 1.54) is 4.90 Å². The number of hydrogen-bond acceptors (Lipinski definition) is 10. The van der Waals surface area contributed by atoms with Crippen molar-refractivity contribution in [3.05, 3.63) is 69.7 Å². The molecule has 0 saturated carbocycles. The molecule has 2 aromatic carbocycles. The van der Waals surface area contributed by atoms with E-state index < -0.39 is 23.7 Å². The van der Waals surface area contributed by atoms with Crippen molar-refractivity contribution in [1.29, 1.82) is 0 Å². The third-order valence-electron chi connectivity index (χ3n) is 6.90. The van der Waals surface area contributed by atoms with Gasteiger partial charge in [-0.1, -0.05) is 43.2 Å². The molecule has 1 saturated heterocycles. The summed E-state index contributed by atoms with van der Waals surface area (Å²) in [6.07, 6.45) is 2.97. The van der Waals surface area contributed by atoms with Gasteiger partial charge in [-0.2, -0.15) is 0 Å². The van der Waals surface area contributed by atoms with E-state index in [1.54, 1.807) is 56.3 Å². The Morgan fingerprint density at radius 3 is 2.64 bits per heavy atom. The molecule has 1 N–H and O–H groups in total. The number of carbonyl (C=O) groups excluding carboxylic acids is 3. The van der Waals surface area contributed by atoms with Crippen molar-refractivity contribution in [3.63, 3.8) is 0 Å². The van der Waals surface area contributed by atoms with Crippen LogP contribution in [0.25, 0.3) is 5.76 Å². The van der Waals surface area contributed by atoms with Crippen LogP contribution in [-0.2, 0) is 14.3 Å². The molecule has 10 nitrogen and oxygen atoms in total. The molecule has 0 radical (unpaired) electrons. The summed E-state index contributed by atoms with van der Waals surface area (Å²) in [5.41, 5.74) is 1.07. The first-order valence-electron chi connectivity index (χ1n) is 13.9. The predicted octanol–water partition coefficient (Wildman–Crippen LogP) is 5.59. The van der Waals surface area contributed by atoms with E-state index in [1.807, 2.05) is 0 Å². The third kappa shape index (κ3) is 5.69. The molecule has 0 spiro atoms. The second-order valence-electron chi connectivity index (χ2n) is 9.79. The van der Waals surface area contributed by atoms with Crippen molar-refractivity contribution in [3.8, 4) is 17.2 Å². The SMILES string of the molecule is CCCCCOc1cccc([C@@H]2C(=C(O)c3ccc4c(c3)OCCO4)C(=O)C(=O)N2c2nc(C)c(C(=O)OCC)s2)c1. The number of aliphatic hydroxyl groups excluding tert-OH is 1. The van der Waals surface area contributed by atoms with Crippen LogP contribution in [0.1, 0.15) is 65.6 Å². The Bertz CT molecular complexity index is 1550. The maximum atomic E-state index is 13.6. The first-order valence-corrected chi connectivity index (χ1v) is 14.7. The molecule has 42 heavy (non-hydrogen) atoms. The Morgan fingerprint density at radius 1 is 1.10 bits per heavy atom. The van der Waals surface area contributed by atoms with Gasteiger partial charge in [0.05, 0.1) is 30.5 Å². The molecule has 1 aromatic heterocycles. The Balaban J connectivity index is 1.62. The molecular weight excluding hydrogens is 560 g/mol. The van der Waals surface area contributed by atoms with Crippen LogP contribution >= 0.6 is 11.3 Å². The first kappa shape index (κ1) is 29.1. The molecule has 0 bridgehead atoms. The van der Waals surface area contributed by atoms with Gasteiger partial charge in [0.2, 0.25) is 0 Å². The van der Waals surface area contributed by atoms with Gasteiger partial charge in [0, 0.05) is 5.56 Å². The number of aryl methyl sites for hydroxylation is 1. The van der Waals surface area contributed by atoms with Crippen molar-refractivity contribution in [1.82, 2.24) is 4.98 Å². The van der Waals surface area contributed by atoms with Crippen molar-refractivity contribution < 1.29 is 38.4 Å². The van der Waals surface area contributed by atoms with Crippen molar-refractivity contribution >= 4 is 39.9 Å². The lowest BCUT2D eigenvalue weighted by atomic mass is 9.95. The Kier molecular flexibility index (Phi) is 8.77. The number of thiazole rings is 1. The Labute approximate surface area is 247 Å². The number of fused-ring (bicyclic) bond motifs is 1. The summed E-state index contributed by atoms with van der Waals surface area (Å²) in [5, 5.41) is 11.7. The number of ketones is 1. The van der Waals surface area contributed by atoms with Gasteiger partial charge in [0.15, 0.2) is 16.6 Å². The zero-order valence-electron chi connectivity index (χ0n) is 23.7. The fourth-order valence-corrected chi connectivity index (χ4v) is 5.87. The minimum Gasteiger partial charge on any atom is -0.507 e. The largest absolute Gasteiger partial charge is 0.507 e. The molecule has 2 aliphatic heterocycles. The highest BCUT2D eigenvalue weighted by Gasteiger charge is 2.48. The summed E-state index contributed by atoms with van der Waals surface area (Å²) < 4.78 is 22.4. The number of anilines is 1. The number of unbranched alkanes of at least 4 members (excludes halogenated alkanes) is 2. The fraction of sp³-hybridized carbons (Fsp3) is 0.355. The number of ether oxygens (including phenoxy) is 4. The van der Waals surface area contributed by atoms with Gasteiger partial charge in [0.25, 0.3) is 5.78 Å². The summed E-state index contributed by atoms with van der Waals surface area (Å²) >= 11 is 0.956. The first-order chi connectivity index (χ1) is 20.3. The minimum absolute atomic E-state index is 0.120. The highest BCUT2D eigenvalue weighted by molar-refractivity contribution is 7.17. The smallest absolute Gasteiger partial charge is 0.350 e. The van der Waals surface area contributed by atoms with Crippen LogP contribution in [0.4, 0.5) is 5.13 Å². The van der Waals surface area contributed by atoms with Crippen LogP contribution in [0.15, 0.2) is 48.0 Å². The topological polar surface area (TPSA) is 124 Å². The van der Waals surface area contributed by atoms with Crippen LogP contribution in [0, 0.1) is 6.92 Å². The lowest BCUT2D eigenvalue weighted by Crippen LogP contribution is -2.29. The highest BCUT2D eigenvalue weighted by Crippen LogP contribution is 2.45. The van der Waals surface area contributed by atoms with Crippen LogP contribution in [0.3, 0.4) is 0 Å². The third-order valence-corrected chi connectivity index (χ3v) is 8.04. The highest BCUT2D eigenvalue weighted by atomic mass is 32.1. The molecule has 1 fully saturated rings. The average molecular weight is 593 g/mol. The number of amides is 1. The van der Waals surface area contributed by atoms with Crippen LogP contribution in [0.5, 0.6) is 17.2 Å². The molecule has 5 rings (SSSR count). The number of Topliss-reactive ketones (excluding diaryl/α,β-unsaturated/α-hetero) is 1. The molecule has 0 aliphatic carbocycles. The van der Waals surface area contributed by atoms with Gasteiger partial charge < -0.3 is 24.1 Å². The van der Waals surface area contributed by atoms with Crippen LogP contribution in [-0.4, -0.2) is 54.2 Å². The molecule has 3 heterocycles. The fourth-order valence-electron chi connectivity index (χ4n) is 4.88. The molecule has 1 amide bonds. The monoisotopic (exact) mass is 592 g/mol. The Morgan fingerprint density at radius 2 is 1.88 bits per heavy atom. The summed E-state index contributed by atoms with van der Waals surface area (Å²) in [7, 11) is 0. The van der Waals surface area contributed by atoms with E-state index in [2.05, 4.69) is 11.9 Å². The van der Waals surface area contributed by atoms with Gasteiger partial charge >= 0.3 is 11.9 Å². The number of rotatable bonds is 10. The number of hydrogen-bond donors (Lipinski definition) is 1. The summed E-state index contributed by atoms with van der Waals surface area (Å²) in [5.74, 6) is -1.18. The zero-order chi connectivity index (χ0) is 29.8. The van der Waals surface area contributed by atoms with E-state index in [4.69, 9.17) is 18.9 Å². The van der Waals surface area contributed by atoms with Gasteiger partial charge in [-0.3, -0.25) is 14.5 Å².